The van der Waals surface area contributed by atoms with Crippen molar-refractivity contribution in [2.24, 2.45) is 0 Å². The van der Waals surface area contributed by atoms with Gasteiger partial charge in [0.25, 0.3) is 0 Å². The summed E-state index contributed by atoms with van der Waals surface area (Å²) in [4.78, 5) is 2.49. The van der Waals surface area contributed by atoms with Crippen LogP contribution in [0.5, 0.6) is 0 Å². The van der Waals surface area contributed by atoms with Gasteiger partial charge in [0.05, 0.1) is 0 Å². The predicted molar refractivity (Wildman–Crippen MR) is 100 cm³/mol. The lowest BCUT2D eigenvalue weighted by atomic mass is 9.88. The lowest BCUT2D eigenvalue weighted by molar-refractivity contribution is 0.392. The molecule has 122 valence electrons. The van der Waals surface area contributed by atoms with Gasteiger partial charge in [-0.3, -0.25) is 0 Å². The van der Waals surface area contributed by atoms with E-state index in [1.165, 1.54) is 48.2 Å². The van der Waals surface area contributed by atoms with Gasteiger partial charge in [-0.15, -0.1) is 0 Å². The highest BCUT2D eigenvalue weighted by atomic mass is 15.2. The lowest BCUT2D eigenvalue weighted by Crippen LogP contribution is -2.47. The van der Waals surface area contributed by atoms with Crippen molar-refractivity contribution in [3.63, 3.8) is 0 Å². The van der Waals surface area contributed by atoms with Gasteiger partial charge in [-0.2, -0.15) is 0 Å². The van der Waals surface area contributed by atoms with E-state index in [1.54, 1.807) is 0 Å². The Kier molecular flexibility index (Phi) is 4.90. The fraction of sp³-hybridized carbons (Fsp3) is 0.429. The molecule has 1 N–H and O–H groups in total. The standard InChI is InChI=1S/C21H28N2/c1-16-10-4-6-12-18(16)22-19-13-7-9-15-21(19)23(3)20-14-8-5-11-17(20)2/h4-6,8,10-12,14,19,21-22H,7,9,13,15H2,1-3H3/t19-,21-/m1/s1. The summed E-state index contributed by atoms with van der Waals surface area (Å²) in [6.07, 6.45) is 5.15. The number of hydrogen-bond donors (Lipinski definition) is 1. The molecule has 0 heterocycles. The Hall–Kier alpha value is -1.96. The molecule has 1 aliphatic carbocycles. The molecule has 23 heavy (non-hydrogen) atoms. The summed E-state index contributed by atoms with van der Waals surface area (Å²) >= 11 is 0. The van der Waals surface area contributed by atoms with Gasteiger partial charge in [-0.05, 0) is 49.9 Å². The quantitative estimate of drug-likeness (QED) is 0.839. The molecule has 0 radical (unpaired) electrons. The first kappa shape index (κ1) is 15.9. The van der Waals surface area contributed by atoms with Crippen LogP contribution in [0.25, 0.3) is 0 Å². The molecule has 1 aliphatic rings. The summed E-state index contributed by atoms with van der Waals surface area (Å²) in [5, 5.41) is 3.83. The average Bonchev–Trinajstić information content (AvgIpc) is 2.57. The number of nitrogens with zero attached hydrogens (tertiary/aromatic N) is 1. The van der Waals surface area contributed by atoms with Crippen molar-refractivity contribution in [1.82, 2.24) is 0 Å². The maximum Gasteiger partial charge on any atom is 0.0488 e. The van der Waals surface area contributed by atoms with Crippen LogP contribution < -0.4 is 10.2 Å². The SMILES string of the molecule is Cc1ccccc1N[C@@H]1CCCC[C@H]1N(C)c1ccccc1C. The number of para-hydroxylation sites is 2. The summed E-state index contributed by atoms with van der Waals surface area (Å²) in [5.74, 6) is 0. The molecule has 0 amide bonds. The van der Waals surface area contributed by atoms with Crippen molar-refractivity contribution >= 4 is 11.4 Å². The summed E-state index contributed by atoms with van der Waals surface area (Å²) in [6, 6.07) is 18.4. The number of hydrogen-bond acceptors (Lipinski definition) is 2. The molecule has 0 spiro atoms. The summed E-state index contributed by atoms with van der Waals surface area (Å²) < 4.78 is 0. The van der Waals surface area contributed by atoms with Crippen LogP contribution in [0.15, 0.2) is 48.5 Å². The number of benzene rings is 2. The smallest absolute Gasteiger partial charge is 0.0488 e. The first-order valence-corrected chi connectivity index (χ1v) is 8.77. The van der Waals surface area contributed by atoms with E-state index in [4.69, 9.17) is 0 Å². The molecule has 0 unspecified atom stereocenters. The molecule has 2 nitrogen and oxygen atoms in total. The Labute approximate surface area is 140 Å². The molecule has 0 aliphatic heterocycles. The van der Waals surface area contributed by atoms with Crippen LogP contribution in [0.4, 0.5) is 11.4 Å². The van der Waals surface area contributed by atoms with Crippen molar-refractivity contribution < 1.29 is 0 Å². The van der Waals surface area contributed by atoms with Gasteiger partial charge in [0.2, 0.25) is 0 Å². The number of anilines is 2. The van der Waals surface area contributed by atoms with Gasteiger partial charge in [-0.1, -0.05) is 49.2 Å². The Bertz CT molecular complexity index is 650. The van der Waals surface area contributed by atoms with Crippen molar-refractivity contribution in [2.75, 3.05) is 17.3 Å². The van der Waals surface area contributed by atoms with Gasteiger partial charge < -0.3 is 10.2 Å². The fourth-order valence-electron chi connectivity index (χ4n) is 3.82. The first-order chi connectivity index (χ1) is 11.2. The zero-order valence-electron chi connectivity index (χ0n) is 14.5. The Morgan fingerprint density at radius 1 is 0.870 bits per heavy atom. The van der Waals surface area contributed by atoms with Crippen LogP contribution in [-0.4, -0.2) is 19.1 Å². The highest BCUT2D eigenvalue weighted by Gasteiger charge is 2.29. The topological polar surface area (TPSA) is 15.3 Å². The summed E-state index contributed by atoms with van der Waals surface area (Å²) in [6.45, 7) is 4.39. The van der Waals surface area contributed by atoms with Crippen molar-refractivity contribution in [1.29, 1.82) is 0 Å². The zero-order valence-corrected chi connectivity index (χ0v) is 14.5. The molecular formula is C21H28N2. The van der Waals surface area contributed by atoms with E-state index in [0.29, 0.717) is 12.1 Å². The second-order valence-corrected chi connectivity index (χ2v) is 6.81. The predicted octanol–water partition coefficient (Wildman–Crippen LogP) is 5.16. The fourth-order valence-corrected chi connectivity index (χ4v) is 3.82. The summed E-state index contributed by atoms with van der Waals surface area (Å²) in [7, 11) is 2.25. The van der Waals surface area contributed by atoms with Crippen LogP contribution in [0.2, 0.25) is 0 Å². The average molecular weight is 308 g/mol. The third-order valence-electron chi connectivity index (χ3n) is 5.21. The molecule has 2 aromatic carbocycles. The molecule has 0 aromatic heterocycles. The van der Waals surface area contributed by atoms with Gasteiger partial charge in [-0.25, -0.2) is 0 Å². The lowest BCUT2D eigenvalue weighted by Gasteiger charge is -2.40. The van der Waals surface area contributed by atoms with Gasteiger partial charge >= 0.3 is 0 Å². The van der Waals surface area contributed by atoms with Gasteiger partial charge in [0.1, 0.15) is 0 Å². The van der Waals surface area contributed by atoms with Crippen LogP contribution in [-0.2, 0) is 0 Å². The van der Waals surface area contributed by atoms with E-state index >= 15 is 0 Å². The number of rotatable bonds is 4. The minimum absolute atomic E-state index is 0.509. The van der Waals surface area contributed by atoms with E-state index in [0.717, 1.165) is 0 Å². The molecule has 0 bridgehead atoms. The van der Waals surface area contributed by atoms with E-state index in [9.17, 15) is 0 Å². The molecular weight excluding hydrogens is 280 g/mol. The molecule has 1 saturated carbocycles. The zero-order chi connectivity index (χ0) is 16.2. The number of likely N-dealkylation sites (N-methyl/N-ethyl adjacent to an activating group) is 1. The normalized spacial score (nSPS) is 21.0. The van der Waals surface area contributed by atoms with Crippen LogP contribution >= 0.6 is 0 Å². The second kappa shape index (κ2) is 7.08. The molecule has 0 saturated heterocycles. The Balaban J connectivity index is 1.81. The second-order valence-electron chi connectivity index (χ2n) is 6.81. The van der Waals surface area contributed by atoms with E-state index in [-0.39, 0.29) is 0 Å². The van der Waals surface area contributed by atoms with Crippen molar-refractivity contribution in [2.45, 2.75) is 51.6 Å². The third kappa shape index (κ3) is 3.52. The number of nitrogens with one attached hydrogen (secondary N) is 1. The first-order valence-electron chi connectivity index (χ1n) is 8.77. The molecule has 2 heteroatoms. The van der Waals surface area contributed by atoms with Crippen LogP contribution in [0.3, 0.4) is 0 Å². The highest BCUT2D eigenvalue weighted by molar-refractivity contribution is 5.55. The maximum atomic E-state index is 3.83. The third-order valence-corrected chi connectivity index (χ3v) is 5.21. The Morgan fingerprint density at radius 2 is 1.52 bits per heavy atom. The summed E-state index contributed by atoms with van der Waals surface area (Å²) in [5.41, 5.74) is 5.32. The highest BCUT2D eigenvalue weighted by Crippen LogP contribution is 2.30. The molecule has 3 rings (SSSR count). The monoisotopic (exact) mass is 308 g/mol. The van der Waals surface area contributed by atoms with E-state index < -0.39 is 0 Å². The number of aryl methyl sites for hydroxylation is 2. The van der Waals surface area contributed by atoms with Crippen molar-refractivity contribution in [3.05, 3.63) is 59.7 Å². The Morgan fingerprint density at radius 3 is 2.26 bits per heavy atom. The van der Waals surface area contributed by atoms with E-state index in [1.807, 2.05) is 0 Å². The molecule has 2 atom stereocenters. The maximum absolute atomic E-state index is 3.83. The molecule has 1 fully saturated rings. The minimum atomic E-state index is 0.509. The largest absolute Gasteiger partial charge is 0.380 e. The molecule has 2 aromatic rings. The van der Waals surface area contributed by atoms with Gasteiger partial charge in [0, 0.05) is 30.5 Å². The van der Waals surface area contributed by atoms with E-state index in [2.05, 4.69) is 79.6 Å². The minimum Gasteiger partial charge on any atom is -0.380 e. The van der Waals surface area contributed by atoms with Crippen LogP contribution in [0.1, 0.15) is 36.8 Å². The van der Waals surface area contributed by atoms with Crippen molar-refractivity contribution in [3.8, 4) is 0 Å². The van der Waals surface area contributed by atoms with Crippen LogP contribution in [0, 0.1) is 13.8 Å². The van der Waals surface area contributed by atoms with Gasteiger partial charge in [0.15, 0.2) is 0 Å².